The van der Waals surface area contributed by atoms with Crippen LogP contribution in [0.1, 0.15) is 6.92 Å². The molecule has 1 aromatic heterocycles. The smallest absolute Gasteiger partial charge is 0.358 e. The summed E-state index contributed by atoms with van der Waals surface area (Å²) in [5, 5.41) is 14.1. The van der Waals surface area contributed by atoms with Gasteiger partial charge in [0.15, 0.2) is 9.84 Å². The van der Waals surface area contributed by atoms with E-state index in [1.807, 2.05) is 0 Å². The Hall–Kier alpha value is -0.960. The Morgan fingerprint density at radius 3 is 2.69 bits per heavy atom. The fourth-order valence-corrected chi connectivity index (χ4v) is 2.22. The van der Waals surface area contributed by atoms with Crippen LogP contribution in [0.15, 0.2) is 10.7 Å². The van der Waals surface area contributed by atoms with E-state index in [1.54, 1.807) is 6.92 Å². The molecule has 0 spiro atoms. The number of hydrogen-bond donors (Lipinski definition) is 0. The topological polar surface area (TPSA) is 95.1 Å². The zero-order valence-corrected chi connectivity index (χ0v) is 10.9. The molecule has 1 aromatic rings. The zero-order valence-electron chi connectivity index (χ0n) is 8.46. The molecule has 0 aliphatic carbocycles. The van der Waals surface area contributed by atoms with Gasteiger partial charge in [0.05, 0.1) is 23.6 Å². The van der Waals surface area contributed by atoms with Crippen LogP contribution in [0.4, 0.5) is 5.82 Å². The summed E-state index contributed by atoms with van der Waals surface area (Å²) in [7, 11) is -3.09. The minimum Gasteiger partial charge on any atom is -0.358 e. The Kier molecular flexibility index (Phi) is 4.03. The Labute approximate surface area is 101 Å². The van der Waals surface area contributed by atoms with Gasteiger partial charge in [-0.3, -0.25) is 0 Å². The second kappa shape index (κ2) is 4.91. The molecule has 90 valence electrons. The molecular weight excluding hydrogens is 302 g/mol. The third-order valence-electron chi connectivity index (χ3n) is 1.94. The third kappa shape index (κ3) is 3.27. The normalized spacial score (nSPS) is 11.6. The lowest BCUT2D eigenvalue weighted by molar-refractivity contribution is -0.390. The number of aryl methyl sites for hydroxylation is 1. The molecule has 16 heavy (non-hydrogen) atoms. The van der Waals surface area contributed by atoms with E-state index in [-0.39, 0.29) is 28.3 Å². The first-order valence-electron chi connectivity index (χ1n) is 4.43. The average Bonchev–Trinajstić information content (AvgIpc) is 2.57. The van der Waals surface area contributed by atoms with Crippen LogP contribution in [-0.2, 0) is 16.4 Å². The summed E-state index contributed by atoms with van der Waals surface area (Å²) >= 11 is 2.98. The van der Waals surface area contributed by atoms with Crippen molar-refractivity contribution in [1.82, 2.24) is 9.78 Å². The summed E-state index contributed by atoms with van der Waals surface area (Å²) < 4.78 is 23.9. The second-order valence-corrected chi connectivity index (χ2v) is 6.38. The van der Waals surface area contributed by atoms with Crippen molar-refractivity contribution >= 4 is 31.6 Å². The summed E-state index contributed by atoms with van der Waals surface area (Å²) in [6, 6.07) is 0. The van der Waals surface area contributed by atoms with Crippen LogP contribution in [0.2, 0.25) is 0 Å². The maximum atomic E-state index is 11.2. The standard InChI is InChI=1S/C7H10BrN3O4S/c1-2-16(14,15)4-3-10-5-6(8)7(9-10)11(12)13/h5H,2-4H2,1H3. The van der Waals surface area contributed by atoms with Gasteiger partial charge >= 0.3 is 5.82 Å². The van der Waals surface area contributed by atoms with Crippen LogP contribution in [0.25, 0.3) is 0 Å². The van der Waals surface area contributed by atoms with E-state index in [2.05, 4.69) is 21.0 Å². The van der Waals surface area contributed by atoms with Gasteiger partial charge in [-0.1, -0.05) is 6.92 Å². The molecule has 1 heterocycles. The van der Waals surface area contributed by atoms with Gasteiger partial charge in [-0.15, -0.1) is 0 Å². The predicted octanol–water partition coefficient (Wildman–Crippen LogP) is 0.988. The van der Waals surface area contributed by atoms with Crippen LogP contribution in [-0.4, -0.2) is 34.6 Å². The number of halogens is 1. The van der Waals surface area contributed by atoms with Gasteiger partial charge < -0.3 is 10.1 Å². The molecular formula is C7H10BrN3O4S. The maximum Gasteiger partial charge on any atom is 0.404 e. The van der Waals surface area contributed by atoms with Crippen molar-refractivity contribution in [3.8, 4) is 0 Å². The van der Waals surface area contributed by atoms with Crippen molar-refractivity contribution in [3.05, 3.63) is 20.8 Å². The van der Waals surface area contributed by atoms with E-state index in [9.17, 15) is 18.5 Å². The summed E-state index contributed by atoms with van der Waals surface area (Å²) in [5.41, 5.74) is 0. The second-order valence-electron chi connectivity index (χ2n) is 3.06. The minimum atomic E-state index is -3.09. The molecule has 0 amide bonds. The highest BCUT2D eigenvalue weighted by atomic mass is 79.9. The maximum absolute atomic E-state index is 11.2. The molecule has 7 nitrogen and oxygen atoms in total. The Morgan fingerprint density at radius 2 is 2.25 bits per heavy atom. The highest BCUT2D eigenvalue weighted by Crippen LogP contribution is 2.21. The highest BCUT2D eigenvalue weighted by Gasteiger charge is 2.19. The predicted molar refractivity (Wildman–Crippen MR) is 60.9 cm³/mol. The van der Waals surface area contributed by atoms with Crippen molar-refractivity contribution < 1.29 is 13.3 Å². The van der Waals surface area contributed by atoms with Gasteiger partial charge in [0.25, 0.3) is 0 Å². The monoisotopic (exact) mass is 311 g/mol. The Morgan fingerprint density at radius 1 is 1.62 bits per heavy atom. The first-order chi connectivity index (χ1) is 7.35. The van der Waals surface area contributed by atoms with Crippen molar-refractivity contribution in [1.29, 1.82) is 0 Å². The van der Waals surface area contributed by atoms with Gasteiger partial charge in [0.1, 0.15) is 4.47 Å². The minimum absolute atomic E-state index is 0.0531. The van der Waals surface area contributed by atoms with Crippen LogP contribution >= 0.6 is 15.9 Å². The van der Waals surface area contributed by atoms with Crippen molar-refractivity contribution in [2.75, 3.05) is 11.5 Å². The Bertz CT molecular complexity index is 496. The fourth-order valence-electron chi connectivity index (χ4n) is 1.00. The molecule has 0 fully saturated rings. The summed E-state index contributed by atoms with van der Waals surface area (Å²) in [4.78, 5) is 9.84. The molecule has 9 heteroatoms. The average molecular weight is 312 g/mol. The van der Waals surface area contributed by atoms with E-state index < -0.39 is 14.8 Å². The summed E-state index contributed by atoms with van der Waals surface area (Å²) in [6.07, 6.45) is 1.39. The fraction of sp³-hybridized carbons (Fsp3) is 0.571. The van der Waals surface area contributed by atoms with Crippen LogP contribution in [0.5, 0.6) is 0 Å². The van der Waals surface area contributed by atoms with Gasteiger partial charge in [-0.05, 0) is 20.9 Å². The van der Waals surface area contributed by atoms with Gasteiger partial charge in [-0.2, -0.15) is 4.68 Å². The molecule has 0 bridgehead atoms. The molecule has 0 aliphatic heterocycles. The van der Waals surface area contributed by atoms with Gasteiger partial charge in [-0.25, -0.2) is 8.42 Å². The molecule has 0 saturated carbocycles. The first kappa shape index (κ1) is 13.1. The van der Waals surface area contributed by atoms with Crippen molar-refractivity contribution in [3.63, 3.8) is 0 Å². The number of nitrogens with zero attached hydrogens (tertiary/aromatic N) is 3. The lowest BCUT2D eigenvalue weighted by Crippen LogP contribution is -2.15. The molecule has 0 aliphatic rings. The van der Waals surface area contributed by atoms with Crippen molar-refractivity contribution in [2.45, 2.75) is 13.5 Å². The number of nitro groups is 1. The quantitative estimate of drug-likeness (QED) is 0.597. The molecule has 0 unspecified atom stereocenters. The van der Waals surface area contributed by atoms with Crippen LogP contribution in [0, 0.1) is 10.1 Å². The van der Waals surface area contributed by atoms with E-state index in [0.717, 1.165) is 0 Å². The number of hydrogen-bond acceptors (Lipinski definition) is 5. The summed E-state index contributed by atoms with van der Waals surface area (Å²) in [5.74, 6) is -0.333. The molecule has 0 saturated heterocycles. The van der Waals surface area contributed by atoms with E-state index in [1.165, 1.54) is 10.9 Å². The lowest BCUT2D eigenvalue weighted by Gasteiger charge is -1.97. The Balaban J connectivity index is 2.77. The third-order valence-corrected chi connectivity index (χ3v) is 4.19. The van der Waals surface area contributed by atoms with Gasteiger partial charge in [0, 0.05) is 5.75 Å². The molecule has 0 N–H and O–H groups in total. The molecule has 1 rings (SSSR count). The molecule has 0 aromatic carbocycles. The SMILES string of the molecule is CCS(=O)(=O)CCn1cc(Br)c([N+](=O)[O-])n1. The first-order valence-corrected chi connectivity index (χ1v) is 7.05. The highest BCUT2D eigenvalue weighted by molar-refractivity contribution is 9.10. The number of aromatic nitrogens is 2. The van der Waals surface area contributed by atoms with Crippen LogP contribution in [0.3, 0.4) is 0 Å². The van der Waals surface area contributed by atoms with Crippen molar-refractivity contribution in [2.24, 2.45) is 0 Å². The molecule has 0 radical (unpaired) electrons. The molecule has 0 atom stereocenters. The number of rotatable bonds is 5. The van der Waals surface area contributed by atoms with E-state index >= 15 is 0 Å². The van der Waals surface area contributed by atoms with Gasteiger partial charge in [0.2, 0.25) is 0 Å². The largest absolute Gasteiger partial charge is 0.404 e. The number of sulfone groups is 1. The zero-order chi connectivity index (χ0) is 12.3. The lowest BCUT2D eigenvalue weighted by atomic mass is 10.6. The van der Waals surface area contributed by atoms with E-state index in [4.69, 9.17) is 0 Å². The summed E-state index contributed by atoms with van der Waals surface area (Å²) in [6.45, 7) is 1.67. The van der Waals surface area contributed by atoms with Crippen LogP contribution < -0.4 is 0 Å². The van der Waals surface area contributed by atoms with E-state index in [0.29, 0.717) is 0 Å².